The molecule has 2 rings (SSSR count). The second-order valence-electron chi connectivity index (χ2n) is 4.01. The summed E-state index contributed by atoms with van der Waals surface area (Å²) in [6.07, 6.45) is 0. The normalized spacial score (nSPS) is 10.5. The third-order valence-electron chi connectivity index (χ3n) is 2.83. The molecule has 100 valence electrons. The van der Waals surface area contributed by atoms with Crippen molar-refractivity contribution in [1.82, 2.24) is 4.98 Å². The van der Waals surface area contributed by atoms with Gasteiger partial charge in [-0.25, -0.2) is 9.78 Å². The predicted molar refractivity (Wildman–Crippen MR) is 76.7 cm³/mol. The number of hydrogen-bond acceptors (Lipinski definition) is 4. The minimum Gasteiger partial charge on any atom is -0.480 e. The number of nitrogens with zero attached hydrogens (tertiary/aromatic N) is 1. The van der Waals surface area contributed by atoms with Crippen molar-refractivity contribution >= 4 is 32.8 Å². The summed E-state index contributed by atoms with van der Waals surface area (Å²) in [7, 11) is 1.49. The summed E-state index contributed by atoms with van der Waals surface area (Å²) >= 11 is 3.46. The van der Waals surface area contributed by atoms with Crippen LogP contribution in [0.1, 0.15) is 22.8 Å². The van der Waals surface area contributed by atoms with Crippen molar-refractivity contribution in [2.45, 2.75) is 13.8 Å². The minimum atomic E-state index is -0.422. The Morgan fingerprint density at radius 3 is 2.79 bits per heavy atom. The van der Waals surface area contributed by atoms with Gasteiger partial charge in [0.15, 0.2) is 0 Å². The van der Waals surface area contributed by atoms with Gasteiger partial charge in [0.2, 0.25) is 5.88 Å². The van der Waals surface area contributed by atoms with Crippen molar-refractivity contribution in [3.63, 3.8) is 0 Å². The summed E-state index contributed by atoms with van der Waals surface area (Å²) in [6.45, 7) is 4.04. The molecule has 0 aliphatic rings. The van der Waals surface area contributed by atoms with Crippen LogP contribution < -0.4 is 4.74 Å². The molecule has 0 aliphatic carbocycles. The van der Waals surface area contributed by atoms with Crippen LogP contribution in [0.15, 0.2) is 22.7 Å². The molecule has 0 radical (unpaired) electrons. The molecule has 0 fully saturated rings. The Morgan fingerprint density at radius 2 is 2.16 bits per heavy atom. The number of aryl methyl sites for hydroxylation is 1. The molecule has 0 spiro atoms. The Bertz CT molecular complexity index is 640. The number of rotatable bonds is 3. The van der Waals surface area contributed by atoms with Crippen molar-refractivity contribution in [1.29, 1.82) is 0 Å². The molecule has 0 saturated carbocycles. The number of methoxy groups -OCH3 is 1. The molecule has 1 aromatic heterocycles. The number of esters is 1. The van der Waals surface area contributed by atoms with E-state index in [0.717, 1.165) is 20.9 Å². The van der Waals surface area contributed by atoms with Crippen molar-refractivity contribution in [2.24, 2.45) is 0 Å². The Balaban J connectivity index is 2.67. The summed E-state index contributed by atoms with van der Waals surface area (Å²) in [4.78, 5) is 16.3. The van der Waals surface area contributed by atoms with Crippen LogP contribution in [0.4, 0.5) is 0 Å². The van der Waals surface area contributed by atoms with Gasteiger partial charge in [-0.2, -0.15) is 0 Å². The SMILES string of the molecule is CCOC(=O)c1cc2ccc(Br)c(C)c2nc1OC. The van der Waals surface area contributed by atoms with Gasteiger partial charge in [0, 0.05) is 9.86 Å². The smallest absolute Gasteiger partial charge is 0.343 e. The van der Waals surface area contributed by atoms with Crippen molar-refractivity contribution in [3.05, 3.63) is 33.8 Å². The van der Waals surface area contributed by atoms with Gasteiger partial charge in [-0.1, -0.05) is 22.0 Å². The van der Waals surface area contributed by atoms with Crippen LogP contribution in [-0.4, -0.2) is 24.7 Å². The molecule has 0 bridgehead atoms. The molecule has 1 heterocycles. The molecule has 0 aliphatic heterocycles. The first kappa shape index (κ1) is 13.8. The Hall–Kier alpha value is -1.62. The number of fused-ring (bicyclic) bond motifs is 1. The second kappa shape index (κ2) is 5.57. The zero-order valence-corrected chi connectivity index (χ0v) is 12.6. The van der Waals surface area contributed by atoms with Crippen LogP contribution in [0, 0.1) is 6.92 Å². The van der Waals surface area contributed by atoms with Crippen LogP contribution in [0.2, 0.25) is 0 Å². The summed E-state index contributed by atoms with van der Waals surface area (Å²) in [5.41, 5.74) is 2.16. The van der Waals surface area contributed by atoms with E-state index < -0.39 is 5.97 Å². The number of halogens is 1. The Morgan fingerprint density at radius 1 is 1.42 bits per heavy atom. The van der Waals surface area contributed by atoms with Crippen LogP contribution in [0.25, 0.3) is 10.9 Å². The van der Waals surface area contributed by atoms with Crippen molar-refractivity contribution < 1.29 is 14.3 Å². The molecule has 0 N–H and O–H groups in total. The van der Waals surface area contributed by atoms with Gasteiger partial charge in [-0.15, -0.1) is 0 Å². The second-order valence-corrected chi connectivity index (χ2v) is 4.86. The van der Waals surface area contributed by atoms with E-state index in [1.807, 2.05) is 19.1 Å². The lowest BCUT2D eigenvalue weighted by Gasteiger charge is -2.10. The van der Waals surface area contributed by atoms with Gasteiger partial charge in [0.05, 0.1) is 19.2 Å². The maximum Gasteiger partial charge on any atom is 0.343 e. The van der Waals surface area contributed by atoms with Gasteiger partial charge in [0.25, 0.3) is 0 Å². The van der Waals surface area contributed by atoms with Crippen molar-refractivity contribution in [2.75, 3.05) is 13.7 Å². The fourth-order valence-electron chi connectivity index (χ4n) is 1.85. The van der Waals surface area contributed by atoms with E-state index in [1.165, 1.54) is 7.11 Å². The molecular weight excluding hydrogens is 310 g/mol. The number of aromatic nitrogens is 1. The third-order valence-corrected chi connectivity index (χ3v) is 3.69. The number of pyridine rings is 1. The van der Waals surface area contributed by atoms with Gasteiger partial charge in [0.1, 0.15) is 5.56 Å². The van der Waals surface area contributed by atoms with E-state index in [0.29, 0.717) is 12.2 Å². The zero-order chi connectivity index (χ0) is 14.0. The monoisotopic (exact) mass is 323 g/mol. The average molecular weight is 324 g/mol. The maximum atomic E-state index is 11.9. The van der Waals surface area contributed by atoms with Gasteiger partial charge in [-0.05, 0) is 31.5 Å². The molecule has 0 atom stereocenters. The largest absolute Gasteiger partial charge is 0.480 e. The first-order valence-corrected chi connectivity index (χ1v) is 6.68. The summed E-state index contributed by atoms with van der Waals surface area (Å²) in [5.74, 6) is -0.138. The molecule has 0 amide bonds. The average Bonchev–Trinajstić information content (AvgIpc) is 2.42. The van der Waals surface area contributed by atoms with Crippen LogP contribution in [0.5, 0.6) is 5.88 Å². The first-order valence-electron chi connectivity index (χ1n) is 5.89. The van der Waals surface area contributed by atoms with E-state index in [4.69, 9.17) is 9.47 Å². The molecule has 5 heteroatoms. The highest BCUT2D eigenvalue weighted by Gasteiger charge is 2.17. The lowest BCUT2D eigenvalue weighted by atomic mass is 10.1. The quantitative estimate of drug-likeness (QED) is 0.811. The number of carbonyl (C=O) groups is 1. The molecule has 0 unspecified atom stereocenters. The van der Waals surface area contributed by atoms with E-state index >= 15 is 0 Å². The van der Waals surface area contributed by atoms with E-state index in [1.54, 1.807) is 13.0 Å². The molecule has 4 nitrogen and oxygen atoms in total. The molecule has 19 heavy (non-hydrogen) atoms. The lowest BCUT2D eigenvalue weighted by molar-refractivity contribution is 0.0522. The topological polar surface area (TPSA) is 48.4 Å². The zero-order valence-electron chi connectivity index (χ0n) is 11.0. The van der Waals surface area contributed by atoms with Gasteiger partial charge in [-0.3, -0.25) is 0 Å². The summed E-state index contributed by atoms with van der Waals surface area (Å²) in [6, 6.07) is 5.58. The molecule has 1 aromatic carbocycles. The highest BCUT2D eigenvalue weighted by molar-refractivity contribution is 9.10. The number of ether oxygens (including phenoxy) is 2. The van der Waals surface area contributed by atoms with Crippen LogP contribution >= 0.6 is 15.9 Å². The van der Waals surface area contributed by atoms with Gasteiger partial charge >= 0.3 is 5.97 Å². The number of benzene rings is 1. The predicted octanol–water partition coefficient (Wildman–Crippen LogP) is 3.49. The summed E-state index contributed by atoms with van der Waals surface area (Å²) in [5, 5.41) is 0.879. The number of hydrogen-bond donors (Lipinski definition) is 0. The molecular formula is C14H14BrNO3. The standard InChI is InChI=1S/C14H14BrNO3/c1-4-19-14(17)10-7-9-5-6-11(15)8(2)12(9)16-13(10)18-3/h5-7H,4H2,1-3H3. The minimum absolute atomic E-state index is 0.284. The van der Waals surface area contributed by atoms with E-state index in [-0.39, 0.29) is 5.88 Å². The van der Waals surface area contributed by atoms with Crippen molar-refractivity contribution in [3.8, 4) is 5.88 Å². The highest BCUT2D eigenvalue weighted by Crippen LogP contribution is 2.28. The summed E-state index contributed by atoms with van der Waals surface area (Å²) < 4.78 is 11.2. The Kier molecular flexibility index (Phi) is 4.04. The molecule has 0 saturated heterocycles. The van der Waals surface area contributed by atoms with E-state index in [2.05, 4.69) is 20.9 Å². The third kappa shape index (κ3) is 2.56. The Labute approximate surface area is 119 Å². The maximum absolute atomic E-state index is 11.9. The first-order chi connectivity index (χ1) is 9.08. The van der Waals surface area contributed by atoms with E-state index in [9.17, 15) is 4.79 Å². The van der Waals surface area contributed by atoms with Crippen LogP contribution in [-0.2, 0) is 4.74 Å². The fraction of sp³-hybridized carbons (Fsp3) is 0.286. The fourth-order valence-corrected chi connectivity index (χ4v) is 2.17. The number of carbonyl (C=O) groups excluding carboxylic acids is 1. The highest BCUT2D eigenvalue weighted by atomic mass is 79.9. The van der Waals surface area contributed by atoms with Crippen LogP contribution in [0.3, 0.4) is 0 Å². The molecule has 2 aromatic rings. The van der Waals surface area contributed by atoms with Gasteiger partial charge < -0.3 is 9.47 Å². The lowest BCUT2D eigenvalue weighted by Crippen LogP contribution is -2.08.